The molecule has 3 heterocycles. The number of rotatable bonds is 5. The summed E-state index contributed by atoms with van der Waals surface area (Å²) in [5.41, 5.74) is 11.2. The van der Waals surface area contributed by atoms with Crippen LogP contribution in [0.5, 0.6) is 0 Å². The lowest BCUT2D eigenvalue weighted by atomic mass is 9.86. The Morgan fingerprint density at radius 1 is 0.278 bits per heavy atom. The van der Waals surface area contributed by atoms with E-state index in [1.807, 2.05) is 60.7 Å². The summed E-state index contributed by atoms with van der Waals surface area (Å²) in [6.45, 7) is 4.50. The van der Waals surface area contributed by atoms with E-state index in [-0.39, 0.29) is 0 Å². The van der Waals surface area contributed by atoms with Gasteiger partial charge < -0.3 is 0 Å². The number of aromatic nitrogens is 5. The lowest BCUT2D eigenvalue weighted by Gasteiger charge is -2.21. The molecule has 0 atom stereocenters. The van der Waals surface area contributed by atoms with Crippen LogP contribution in [-0.4, -0.2) is 24.9 Å². The summed E-state index contributed by atoms with van der Waals surface area (Å²) in [6, 6.07) is 56.2. The molecule has 10 rings (SSSR count). The van der Waals surface area contributed by atoms with Gasteiger partial charge >= 0.3 is 0 Å². The van der Waals surface area contributed by atoms with Crippen LogP contribution in [0, 0.1) is 13.8 Å². The lowest BCUT2D eigenvalue weighted by Crippen LogP contribution is -2.00. The summed E-state index contributed by atoms with van der Waals surface area (Å²) in [7, 11) is 0. The van der Waals surface area contributed by atoms with E-state index in [0.29, 0.717) is 17.5 Å². The molecule has 0 unspecified atom stereocenters. The number of fused-ring (bicyclic) bond motifs is 6. The van der Waals surface area contributed by atoms with Crippen molar-refractivity contribution < 1.29 is 0 Å². The summed E-state index contributed by atoms with van der Waals surface area (Å²) in [6.07, 6.45) is 0. The first kappa shape index (κ1) is 31.6. The van der Waals surface area contributed by atoms with Crippen molar-refractivity contribution in [3.63, 3.8) is 0 Å². The second-order valence-electron chi connectivity index (χ2n) is 13.7. The van der Waals surface area contributed by atoms with Gasteiger partial charge in [-0.05, 0) is 47.9 Å². The first-order valence-corrected chi connectivity index (χ1v) is 18.2. The quantitative estimate of drug-likeness (QED) is 0.133. The van der Waals surface area contributed by atoms with Crippen molar-refractivity contribution in [1.29, 1.82) is 0 Å². The number of hydrogen-bond acceptors (Lipinski definition) is 5. The third-order valence-corrected chi connectivity index (χ3v) is 10.4. The number of pyridine rings is 2. The highest BCUT2D eigenvalue weighted by atomic mass is 15.0. The first-order chi connectivity index (χ1) is 26.6. The van der Waals surface area contributed by atoms with Crippen LogP contribution in [-0.2, 0) is 0 Å². The van der Waals surface area contributed by atoms with E-state index in [9.17, 15) is 0 Å². The van der Waals surface area contributed by atoms with E-state index >= 15 is 0 Å². The summed E-state index contributed by atoms with van der Waals surface area (Å²) in [5, 5.41) is 7.03. The minimum atomic E-state index is 0.621. The number of benzene rings is 7. The lowest BCUT2D eigenvalue weighted by molar-refractivity contribution is 1.07. The molecular formula is C49H33N5. The molecule has 0 radical (unpaired) electrons. The van der Waals surface area contributed by atoms with E-state index in [4.69, 9.17) is 24.9 Å². The monoisotopic (exact) mass is 691 g/mol. The van der Waals surface area contributed by atoms with Crippen LogP contribution < -0.4 is 0 Å². The van der Waals surface area contributed by atoms with Crippen molar-refractivity contribution in [2.45, 2.75) is 13.8 Å². The summed E-state index contributed by atoms with van der Waals surface area (Å²) in [4.78, 5) is 25.5. The Hall–Kier alpha value is -7.11. The number of nitrogens with zero attached hydrogens (tertiary/aromatic N) is 5. The first-order valence-electron chi connectivity index (χ1n) is 18.2. The molecule has 0 aliphatic carbocycles. The Kier molecular flexibility index (Phi) is 7.51. The summed E-state index contributed by atoms with van der Waals surface area (Å²) >= 11 is 0. The second kappa shape index (κ2) is 12.8. The van der Waals surface area contributed by atoms with Gasteiger partial charge in [-0.1, -0.05) is 152 Å². The average Bonchev–Trinajstić information content (AvgIpc) is 3.25. The molecule has 0 spiro atoms. The van der Waals surface area contributed by atoms with Crippen molar-refractivity contribution >= 4 is 43.4 Å². The molecule has 0 amide bonds. The van der Waals surface area contributed by atoms with Crippen LogP contribution in [0.4, 0.5) is 0 Å². The Labute approximate surface area is 312 Å². The van der Waals surface area contributed by atoms with Gasteiger partial charge in [-0.15, -0.1) is 0 Å². The van der Waals surface area contributed by atoms with Crippen LogP contribution in [0.1, 0.15) is 11.1 Å². The third-order valence-electron chi connectivity index (χ3n) is 10.4. The van der Waals surface area contributed by atoms with Crippen LogP contribution in [0.25, 0.3) is 100 Å². The maximum absolute atomic E-state index is 5.40. The zero-order chi connectivity index (χ0) is 36.2. The minimum Gasteiger partial charge on any atom is -0.247 e. The van der Waals surface area contributed by atoms with Crippen molar-refractivity contribution in [1.82, 2.24) is 24.9 Å². The topological polar surface area (TPSA) is 64.5 Å². The molecule has 0 bridgehead atoms. The molecule has 0 aliphatic heterocycles. The van der Waals surface area contributed by atoms with E-state index in [2.05, 4.69) is 117 Å². The van der Waals surface area contributed by atoms with Gasteiger partial charge in [0.15, 0.2) is 17.5 Å². The highest BCUT2D eigenvalue weighted by Gasteiger charge is 2.22. The Morgan fingerprint density at radius 3 is 1.02 bits per heavy atom. The predicted octanol–water partition coefficient (Wildman–Crippen LogP) is 12.2. The van der Waals surface area contributed by atoms with Crippen molar-refractivity contribution in [2.75, 3.05) is 0 Å². The highest BCUT2D eigenvalue weighted by molar-refractivity contribution is 6.25. The minimum absolute atomic E-state index is 0.621. The van der Waals surface area contributed by atoms with Gasteiger partial charge in [0.2, 0.25) is 0 Å². The third kappa shape index (κ3) is 5.21. The molecule has 254 valence electrons. The fourth-order valence-electron chi connectivity index (χ4n) is 7.91. The molecule has 3 aromatic heterocycles. The van der Waals surface area contributed by atoms with Crippen molar-refractivity contribution in [3.05, 3.63) is 175 Å². The molecule has 0 saturated carbocycles. The average molecular weight is 692 g/mol. The molecule has 0 saturated heterocycles. The van der Waals surface area contributed by atoms with Gasteiger partial charge in [0.1, 0.15) is 0 Å². The van der Waals surface area contributed by atoms with Crippen molar-refractivity contribution in [2.24, 2.45) is 0 Å². The van der Waals surface area contributed by atoms with E-state index in [1.54, 1.807) is 0 Å². The van der Waals surface area contributed by atoms with Gasteiger partial charge in [-0.3, -0.25) is 0 Å². The Morgan fingerprint density at radius 2 is 0.593 bits per heavy atom. The number of para-hydroxylation sites is 2. The van der Waals surface area contributed by atoms with Crippen LogP contribution in [0.15, 0.2) is 164 Å². The van der Waals surface area contributed by atoms with Crippen LogP contribution in [0.2, 0.25) is 0 Å². The van der Waals surface area contributed by atoms with Gasteiger partial charge in [-0.2, -0.15) is 0 Å². The number of hydrogen-bond donors (Lipinski definition) is 0. The van der Waals surface area contributed by atoms with Gasteiger partial charge in [-0.25, -0.2) is 24.9 Å². The zero-order valence-electron chi connectivity index (χ0n) is 29.8. The molecular weight excluding hydrogens is 659 g/mol. The Bertz CT molecular complexity index is 2980. The molecule has 7 aromatic carbocycles. The van der Waals surface area contributed by atoms with Crippen molar-refractivity contribution in [3.8, 4) is 56.7 Å². The molecule has 10 aromatic rings. The SMILES string of the molecule is Cc1c2c(-c3ccc(-c4nc(-c5ccccc5)nc(-c5ccccc5)n4)cc3)nc3ccccc3c2c(C)c2c(-c3ccccc3)nc3ccccc3c12. The van der Waals surface area contributed by atoms with Crippen LogP contribution in [0.3, 0.4) is 0 Å². The molecule has 5 heteroatoms. The molecule has 0 N–H and O–H groups in total. The van der Waals surface area contributed by atoms with Crippen LogP contribution >= 0.6 is 0 Å². The van der Waals surface area contributed by atoms with E-state index < -0.39 is 0 Å². The molecule has 5 nitrogen and oxygen atoms in total. The molecule has 0 fully saturated rings. The predicted molar refractivity (Wildman–Crippen MR) is 222 cm³/mol. The fourth-order valence-corrected chi connectivity index (χ4v) is 7.91. The molecule has 0 aliphatic rings. The highest BCUT2D eigenvalue weighted by Crippen LogP contribution is 2.45. The maximum atomic E-state index is 5.40. The largest absolute Gasteiger partial charge is 0.247 e. The second-order valence-corrected chi connectivity index (χ2v) is 13.7. The normalized spacial score (nSPS) is 11.5. The number of aryl methyl sites for hydroxylation is 2. The van der Waals surface area contributed by atoms with E-state index in [0.717, 1.165) is 66.4 Å². The smallest absolute Gasteiger partial charge is 0.164 e. The van der Waals surface area contributed by atoms with E-state index in [1.165, 1.54) is 27.3 Å². The molecule has 54 heavy (non-hydrogen) atoms. The van der Waals surface area contributed by atoms with Gasteiger partial charge in [0, 0.05) is 49.4 Å². The summed E-state index contributed by atoms with van der Waals surface area (Å²) < 4.78 is 0. The van der Waals surface area contributed by atoms with Gasteiger partial charge in [0.25, 0.3) is 0 Å². The van der Waals surface area contributed by atoms with Gasteiger partial charge in [0.05, 0.1) is 22.4 Å². The fraction of sp³-hybridized carbons (Fsp3) is 0.0408. The Balaban J connectivity index is 1.22. The summed E-state index contributed by atoms with van der Waals surface area (Å²) in [5.74, 6) is 1.90. The standard InChI is InChI=1S/C49H33N5/c1-30-42-38-23-13-15-25-40(38)51-46(44(42)31(2)41-37-22-12-14-24-39(37)50-45(43(30)41)32-16-6-3-7-17-32)33-26-28-36(29-27-33)49-53-47(34-18-8-4-9-19-34)52-48(54-49)35-20-10-5-11-21-35/h3-29H,1-2H3. The zero-order valence-corrected chi connectivity index (χ0v) is 29.8. The maximum Gasteiger partial charge on any atom is 0.164 e.